The summed E-state index contributed by atoms with van der Waals surface area (Å²) in [4.78, 5) is 39.8. The minimum atomic E-state index is -0.492. The first-order valence-corrected chi connectivity index (χ1v) is 9.83. The van der Waals surface area contributed by atoms with E-state index in [2.05, 4.69) is 10.6 Å². The van der Waals surface area contributed by atoms with Gasteiger partial charge in [0.25, 0.3) is 5.91 Å². The average molecular weight is 379 g/mol. The number of nitrogens with zero attached hydrogens (tertiary/aromatic N) is 1. The summed E-state index contributed by atoms with van der Waals surface area (Å²) in [6.45, 7) is 4.44. The Balaban J connectivity index is 1.49. The van der Waals surface area contributed by atoms with Gasteiger partial charge in [0.05, 0.1) is 0 Å². The SMILES string of the molecule is CC(C)C[C@H]1NC(=O)[C@@H]2C[C@H](NC(=O)c3cccc4ccccc34)CN2C1=O. The summed E-state index contributed by atoms with van der Waals surface area (Å²) < 4.78 is 0. The lowest BCUT2D eigenvalue weighted by molar-refractivity contribution is -0.147. The van der Waals surface area contributed by atoms with Crippen molar-refractivity contribution in [3.05, 3.63) is 48.0 Å². The van der Waals surface area contributed by atoms with Crippen LogP contribution in [0.25, 0.3) is 10.8 Å². The van der Waals surface area contributed by atoms with Gasteiger partial charge in [-0.05, 0) is 35.6 Å². The Kier molecular flexibility index (Phi) is 4.79. The molecule has 2 aliphatic rings. The largest absolute Gasteiger partial charge is 0.347 e. The molecule has 2 aromatic rings. The summed E-state index contributed by atoms with van der Waals surface area (Å²) in [7, 11) is 0. The van der Waals surface area contributed by atoms with Gasteiger partial charge in [-0.2, -0.15) is 0 Å². The van der Waals surface area contributed by atoms with Crippen LogP contribution in [0, 0.1) is 5.92 Å². The second-order valence-electron chi connectivity index (χ2n) is 8.13. The van der Waals surface area contributed by atoms with Crippen molar-refractivity contribution < 1.29 is 14.4 Å². The molecule has 6 nitrogen and oxygen atoms in total. The highest BCUT2D eigenvalue weighted by Gasteiger charge is 2.46. The number of carbonyl (C=O) groups is 3. The third-order valence-electron chi connectivity index (χ3n) is 5.58. The summed E-state index contributed by atoms with van der Waals surface area (Å²) >= 11 is 0. The molecular formula is C22H25N3O3. The molecule has 2 aromatic carbocycles. The maximum atomic E-state index is 12.9. The molecule has 0 unspecified atom stereocenters. The smallest absolute Gasteiger partial charge is 0.252 e. The first kappa shape index (κ1) is 18.5. The highest BCUT2D eigenvalue weighted by molar-refractivity contribution is 6.07. The third kappa shape index (κ3) is 3.35. The molecule has 146 valence electrons. The van der Waals surface area contributed by atoms with Gasteiger partial charge in [0.15, 0.2) is 0 Å². The summed E-state index contributed by atoms with van der Waals surface area (Å²) in [5.41, 5.74) is 0.608. The Hall–Kier alpha value is -2.89. The Morgan fingerprint density at radius 1 is 1.18 bits per heavy atom. The zero-order valence-corrected chi connectivity index (χ0v) is 16.1. The minimum absolute atomic E-state index is 0.0415. The van der Waals surface area contributed by atoms with Gasteiger partial charge in [0.2, 0.25) is 11.8 Å². The normalized spacial score (nSPS) is 24.4. The lowest BCUT2D eigenvalue weighted by Gasteiger charge is -2.35. The van der Waals surface area contributed by atoms with Crippen LogP contribution in [0.3, 0.4) is 0 Å². The van der Waals surface area contributed by atoms with Gasteiger partial charge in [0.1, 0.15) is 12.1 Å². The monoisotopic (exact) mass is 379 g/mol. The van der Waals surface area contributed by atoms with Crippen molar-refractivity contribution in [2.45, 2.75) is 44.8 Å². The molecule has 2 aliphatic heterocycles. The quantitative estimate of drug-likeness (QED) is 0.854. The van der Waals surface area contributed by atoms with Crippen molar-refractivity contribution in [1.82, 2.24) is 15.5 Å². The standard InChI is InChI=1S/C22H25N3O3/c1-13(2)10-18-22(28)25-12-15(11-19(25)21(27)24-18)23-20(26)17-9-5-7-14-6-3-4-8-16(14)17/h3-9,13,15,18-19H,10-12H2,1-2H3,(H,23,26)(H,24,27)/t15-,18+,19-/m0/s1. The molecule has 0 radical (unpaired) electrons. The molecule has 0 aromatic heterocycles. The van der Waals surface area contributed by atoms with Crippen molar-refractivity contribution in [1.29, 1.82) is 0 Å². The lowest BCUT2D eigenvalue weighted by Crippen LogP contribution is -2.61. The van der Waals surface area contributed by atoms with Gasteiger partial charge in [-0.25, -0.2) is 0 Å². The van der Waals surface area contributed by atoms with Crippen molar-refractivity contribution in [2.75, 3.05) is 6.54 Å². The Morgan fingerprint density at radius 3 is 2.71 bits per heavy atom. The van der Waals surface area contributed by atoms with Crippen LogP contribution in [-0.2, 0) is 9.59 Å². The first-order valence-electron chi connectivity index (χ1n) is 9.83. The highest BCUT2D eigenvalue weighted by atomic mass is 16.2. The van der Waals surface area contributed by atoms with E-state index in [1.807, 2.05) is 50.2 Å². The zero-order valence-electron chi connectivity index (χ0n) is 16.1. The molecule has 2 saturated heterocycles. The number of benzene rings is 2. The third-order valence-corrected chi connectivity index (χ3v) is 5.58. The number of amides is 3. The van der Waals surface area contributed by atoms with Crippen molar-refractivity contribution in [3.63, 3.8) is 0 Å². The summed E-state index contributed by atoms with van der Waals surface area (Å²) in [6.07, 6.45) is 1.07. The van der Waals surface area contributed by atoms with Crippen LogP contribution in [0.1, 0.15) is 37.0 Å². The van der Waals surface area contributed by atoms with Crippen LogP contribution in [0.15, 0.2) is 42.5 Å². The topological polar surface area (TPSA) is 78.5 Å². The van der Waals surface area contributed by atoms with E-state index in [9.17, 15) is 14.4 Å². The molecule has 2 fully saturated rings. The molecule has 2 N–H and O–H groups in total. The molecule has 0 saturated carbocycles. The van der Waals surface area contributed by atoms with Crippen molar-refractivity contribution in [2.24, 2.45) is 5.92 Å². The van der Waals surface area contributed by atoms with Crippen molar-refractivity contribution >= 4 is 28.5 Å². The van der Waals surface area contributed by atoms with Crippen LogP contribution in [0.2, 0.25) is 0 Å². The van der Waals surface area contributed by atoms with Crippen LogP contribution in [0.5, 0.6) is 0 Å². The van der Waals surface area contributed by atoms with Crippen LogP contribution < -0.4 is 10.6 Å². The van der Waals surface area contributed by atoms with Gasteiger partial charge in [-0.1, -0.05) is 50.2 Å². The molecule has 28 heavy (non-hydrogen) atoms. The fourth-order valence-corrected chi connectivity index (χ4v) is 4.28. The Morgan fingerprint density at radius 2 is 1.93 bits per heavy atom. The molecule has 3 atom stereocenters. The van der Waals surface area contributed by atoms with Gasteiger partial charge in [0, 0.05) is 18.2 Å². The molecule has 0 spiro atoms. The van der Waals surface area contributed by atoms with E-state index in [4.69, 9.17) is 0 Å². The fraction of sp³-hybridized carbons (Fsp3) is 0.409. The van der Waals surface area contributed by atoms with Gasteiger partial charge in [-0.3, -0.25) is 14.4 Å². The number of hydrogen-bond acceptors (Lipinski definition) is 3. The first-order chi connectivity index (χ1) is 13.4. The predicted octanol–water partition coefficient (Wildman–Crippen LogP) is 2.08. The van der Waals surface area contributed by atoms with Gasteiger partial charge < -0.3 is 15.5 Å². The van der Waals surface area contributed by atoms with Gasteiger partial charge in [-0.15, -0.1) is 0 Å². The minimum Gasteiger partial charge on any atom is -0.347 e. The van der Waals surface area contributed by atoms with E-state index in [1.54, 1.807) is 11.0 Å². The molecule has 3 amide bonds. The summed E-state index contributed by atoms with van der Waals surface area (Å²) in [6, 6.07) is 12.2. The molecule has 6 heteroatoms. The molecule has 4 rings (SSSR count). The molecule has 2 heterocycles. The van der Waals surface area contributed by atoms with Gasteiger partial charge >= 0.3 is 0 Å². The van der Waals surface area contributed by atoms with E-state index in [1.165, 1.54) is 0 Å². The van der Waals surface area contributed by atoms with Crippen LogP contribution in [0.4, 0.5) is 0 Å². The number of piperazine rings is 1. The predicted molar refractivity (Wildman–Crippen MR) is 107 cm³/mol. The van der Waals surface area contributed by atoms with E-state index < -0.39 is 12.1 Å². The summed E-state index contributed by atoms with van der Waals surface area (Å²) in [5, 5.41) is 7.78. The second kappa shape index (κ2) is 7.26. The Bertz CT molecular complexity index is 934. The van der Waals surface area contributed by atoms with E-state index in [-0.39, 0.29) is 23.8 Å². The molecule has 0 aliphatic carbocycles. The van der Waals surface area contributed by atoms with E-state index >= 15 is 0 Å². The number of fused-ring (bicyclic) bond motifs is 2. The maximum Gasteiger partial charge on any atom is 0.252 e. The second-order valence-corrected chi connectivity index (χ2v) is 8.13. The van der Waals surface area contributed by atoms with Crippen molar-refractivity contribution in [3.8, 4) is 0 Å². The van der Waals surface area contributed by atoms with Crippen LogP contribution in [-0.4, -0.2) is 47.3 Å². The number of carbonyl (C=O) groups excluding carboxylic acids is 3. The van der Waals surface area contributed by atoms with E-state index in [0.717, 1.165) is 10.8 Å². The average Bonchev–Trinajstić information content (AvgIpc) is 3.09. The zero-order chi connectivity index (χ0) is 19.8. The fourth-order valence-electron chi connectivity index (χ4n) is 4.28. The van der Waals surface area contributed by atoms with E-state index in [0.29, 0.717) is 30.9 Å². The number of rotatable bonds is 4. The molecule has 0 bridgehead atoms. The maximum absolute atomic E-state index is 12.9. The van der Waals surface area contributed by atoms with Crippen LogP contribution >= 0.6 is 0 Å². The Labute approximate surface area is 164 Å². The molecular weight excluding hydrogens is 354 g/mol. The summed E-state index contributed by atoms with van der Waals surface area (Å²) in [5.74, 6) is -0.0177. The number of hydrogen-bond donors (Lipinski definition) is 2. The number of nitrogens with one attached hydrogen (secondary N) is 2. The lowest BCUT2D eigenvalue weighted by atomic mass is 9.99. The highest BCUT2D eigenvalue weighted by Crippen LogP contribution is 2.25.